The van der Waals surface area contributed by atoms with E-state index in [0.29, 0.717) is 6.61 Å². The van der Waals surface area contributed by atoms with E-state index >= 15 is 0 Å². The maximum absolute atomic E-state index is 13.5. The van der Waals surface area contributed by atoms with Gasteiger partial charge in [-0.25, -0.2) is 0 Å². The summed E-state index contributed by atoms with van der Waals surface area (Å²) in [6.07, 6.45) is 18.6. The summed E-state index contributed by atoms with van der Waals surface area (Å²) in [5.41, 5.74) is 0. The first-order chi connectivity index (χ1) is 13.9. The van der Waals surface area contributed by atoms with Crippen LogP contribution >= 0.6 is 14.7 Å². The molecule has 0 aromatic heterocycles. The Kier molecular flexibility index (Phi) is 16.5. The topological polar surface area (TPSA) is 44.8 Å². The molecule has 0 amide bonds. The first-order valence-electron chi connectivity index (χ1n) is 12.4. The normalized spacial score (nSPS) is 15.7. The van der Waals surface area contributed by atoms with Crippen LogP contribution < -0.4 is 0 Å². The Morgan fingerprint density at radius 2 is 0.966 bits per heavy atom. The Morgan fingerprint density at radius 3 is 1.21 bits per heavy atom. The van der Waals surface area contributed by atoms with Gasteiger partial charge in [0.2, 0.25) is 0 Å². The molecule has 6 heteroatoms. The van der Waals surface area contributed by atoms with Gasteiger partial charge in [0.1, 0.15) is 0 Å². The van der Waals surface area contributed by atoms with Crippen LogP contribution in [0.2, 0.25) is 0 Å². The van der Waals surface area contributed by atoms with Gasteiger partial charge in [0, 0.05) is 0 Å². The third kappa shape index (κ3) is 11.1. The van der Waals surface area contributed by atoms with Crippen LogP contribution in [0.4, 0.5) is 0 Å². The van der Waals surface area contributed by atoms with Crippen molar-refractivity contribution in [3.8, 4) is 0 Å². The fourth-order valence-corrected chi connectivity index (χ4v) is 14.3. The Morgan fingerprint density at radius 1 is 0.621 bits per heavy atom. The van der Waals surface area contributed by atoms with E-state index in [-0.39, 0.29) is 0 Å². The monoisotopic (exact) mass is 454 g/mol. The predicted octanol–water partition coefficient (Wildman–Crippen LogP) is 9.02. The predicted molar refractivity (Wildman–Crippen MR) is 132 cm³/mol. The van der Waals surface area contributed by atoms with Crippen molar-refractivity contribution in [2.24, 2.45) is 0 Å². The van der Waals surface area contributed by atoms with Gasteiger partial charge >= 0.3 is 183 Å². The maximum atomic E-state index is 13.5. The minimum atomic E-state index is -3.52. The molecule has 0 aliphatic rings. The molecule has 0 rings (SSSR count). The van der Waals surface area contributed by atoms with E-state index in [1.165, 1.54) is 58.5 Å². The van der Waals surface area contributed by atoms with E-state index in [9.17, 15) is 4.57 Å². The molecule has 0 heterocycles. The molecule has 0 aromatic carbocycles. The molecular formula is C23H52O4P2. The molecule has 0 bridgehead atoms. The summed E-state index contributed by atoms with van der Waals surface area (Å²) in [4.78, 5) is 0. The molecule has 0 N–H and O–H groups in total. The third-order valence-corrected chi connectivity index (χ3v) is 15.6. The fourth-order valence-electron chi connectivity index (χ4n) is 4.43. The summed E-state index contributed by atoms with van der Waals surface area (Å²) in [5.74, 6) is 0. The molecule has 0 spiro atoms. The summed E-state index contributed by atoms with van der Waals surface area (Å²) in [6, 6.07) is 0. The molecule has 0 aliphatic carbocycles. The van der Waals surface area contributed by atoms with Crippen LogP contribution in [0.1, 0.15) is 112 Å². The number of phosphoric ester groups is 1. The summed E-state index contributed by atoms with van der Waals surface area (Å²) in [5, 5.41) is 0. The van der Waals surface area contributed by atoms with Crippen LogP contribution in [0.3, 0.4) is 0 Å². The van der Waals surface area contributed by atoms with Crippen LogP contribution in [0.5, 0.6) is 0 Å². The van der Waals surface area contributed by atoms with E-state index in [1.54, 1.807) is 0 Å². The number of phosphoric acid groups is 1. The van der Waals surface area contributed by atoms with Gasteiger partial charge in [-0.15, -0.1) is 0 Å². The van der Waals surface area contributed by atoms with Gasteiger partial charge in [0.25, 0.3) is 0 Å². The standard InChI is InChI=1S/C23H52O4P2/c1-7-12-16-20-29(21-17-13-8-2,22-18-14-9-3,23-19-15-10-4)27-28(24,25-6)26-11-5/h7-23H2,1-6H3. The third-order valence-electron chi connectivity index (χ3n) is 6.15. The summed E-state index contributed by atoms with van der Waals surface area (Å²) in [7, 11) is -2.04. The van der Waals surface area contributed by atoms with Crippen molar-refractivity contribution < 1.29 is 17.9 Å². The molecule has 4 nitrogen and oxygen atoms in total. The summed E-state index contributed by atoms with van der Waals surface area (Å²) < 4.78 is 31.4. The van der Waals surface area contributed by atoms with E-state index < -0.39 is 14.7 Å². The Balaban J connectivity index is 6.12. The Labute approximate surface area is 182 Å². The second-order valence-corrected chi connectivity index (χ2v) is 16.4. The summed E-state index contributed by atoms with van der Waals surface area (Å²) in [6.45, 7) is 8.52. The molecule has 1 unspecified atom stereocenters. The average molecular weight is 455 g/mol. The molecule has 1 atom stereocenters. The van der Waals surface area contributed by atoms with Gasteiger partial charge < -0.3 is 0 Å². The SMILES string of the molecule is CCCCCP(CCCCC)(CCCCC)(CCCCC)OP(=O)(OC)OCC. The first kappa shape index (κ1) is 29.5. The van der Waals surface area contributed by atoms with Crippen molar-refractivity contribution in [3.63, 3.8) is 0 Å². The van der Waals surface area contributed by atoms with Gasteiger partial charge in [0.15, 0.2) is 0 Å². The van der Waals surface area contributed by atoms with Crippen LogP contribution in [-0.2, 0) is 17.9 Å². The van der Waals surface area contributed by atoms with E-state index in [4.69, 9.17) is 13.4 Å². The van der Waals surface area contributed by atoms with Crippen LogP contribution in [0.25, 0.3) is 0 Å². The van der Waals surface area contributed by atoms with Crippen molar-refractivity contribution in [1.29, 1.82) is 0 Å². The molecule has 0 saturated heterocycles. The average Bonchev–Trinajstić information content (AvgIpc) is 2.69. The fraction of sp³-hybridized carbons (Fsp3) is 1.00. The van der Waals surface area contributed by atoms with Gasteiger partial charge in [-0.2, -0.15) is 0 Å². The Hall–Kier alpha value is 0.540. The molecule has 0 fully saturated rings. The summed E-state index contributed by atoms with van der Waals surface area (Å²) >= 11 is 0. The molecular weight excluding hydrogens is 402 g/mol. The van der Waals surface area contributed by atoms with Gasteiger partial charge in [-0.05, 0) is 0 Å². The zero-order chi connectivity index (χ0) is 22.1. The van der Waals surface area contributed by atoms with Crippen LogP contribution in [0.15, 0.2) is 0 Å². The first-order valence-corrected chi connectivity index (χ1v) is 16.8. The second kappa shape index (κ2) is 16.2. The van der Waals surface area contributed by atoms with Crippen LogP contribution in [-0.4, -0.2) is 38.4 Å². The number of unbranched alkanes of at least 4 members (excludes halogenated alkanes) is 8. The molecule has 0 aromatic rings. The Bertz CT molecular complexity index is 391. The molecule has 0 saturated carbocycles. The number of hydrogen-bond acceptors (Lipinski definition) is 4. The molecule has 0 radical (unpaired) electrons. The minimum absolute atomic E-state index is 0.353. The molecule has 178 valence electrons. The zero-order valence-electron chi connectivity index (χ0n) is 20.5. The van der Waals surface area contributed by atoms with Gasteiger partial charge in [-0.3, -0.25) is 0 Å². The zero-order valence-corrected chi connectivity index (χ0v) is 22.3. The van der Waals surface area contributed by atoms with Crippen molar-refractivity contribution >= 4 is 14.7 Å². The second-order valence-electron chi connectivity index (χ2n) is 8.71. The number of rotatable bonds is 21. The van der Waals surface area contributed by atoms with E-state index in [1.807, 2.05) is 6.92 Å². The quantitative estimate of drug-likeness (QED) is 0.128. The number of hydrogen-bond donors (Lipinski definition) is 0. The van der Waals surface area contributed by atoms with Gasteiger partial charge in [0.05, 0.1) is 0 Å². The van der Waals surface area contributed by atoms with Crippen molar-refractivity contribution in [1.82, 2.24) is 0 Å². The van der Waals surface area contributed by atoms with Gasteiger partial charge in [-0.1, -0.05) is 0 Å². The van der Waals surface area contributed by atoms with E-state index in [0.717, 1.165) is 50.3 Å². The van der Waals surface area contributed by atoms with E-state index in [2.05, 4.69) is 27.7 Å². The van der Waals surface area contributed by atoms with Crippen molar-refractivity contribution in [2.45, 2.75) is 112 Å². The molecule has 29 heavy (non-hydrogen) atoms. The van der Waals surface area contributed by atoms with Crippen molar-refractivity contribution in [2.75, 3.05) is 38.4 Å². The van der Waals surface area contributed by atoms with Crippen LogP contribution in [0, 0.1) is 0 Å². The molecule has 0 aliphatic heterocycles. The van der Waals surface area contributed by atoms with Crippen molar-refractivity contribution in [3.05, 3.63) is 0 Å².